The summed E-state index contributed by atoms with van der Waals surface area (Å²) in [5, 5.41) is 0. The Hall–Kier alpha value is -3.93. The van der Waals surface area contributed by atoms with Crippen LogP contribution in [0.3, 0.4) is 0 Å². The number of halogens is 1. The number of hydrogen-bond acceptors (Lipinski definition) is 3. The molecule has 154 valence electrons. The molecule has 2 aliphatic rings. The molecule has 3 heterocycles. The highest BCUT2D eigenvalue weighted by molar-refractivity contribution is 5.60. The zero-order valence-electron chi connectivity index (χ0n) is 16.9. The van der Waals surface area contributed by atoms with E-state index in [1.807, 2.05) is 55.5 Å². The van der Waals surface area contributed by atoms with Crippen molar-refractivity contribution in [2.75, 3.05) is 0 Å². The highest BCUT2D eigenvalue weighted by Crippen LogP contribution is 2.24. The average Bonchev–Trinajstić information content (AvgIpc) is 3.32. The fourth-order valence-electron chi connectivity index (χ4n) is 3.78. The highest BCUT2D eigenvalue weighted by Gasteiger charge is 2.21. The number of nitrogens with one attached hydrogen (secondary N) is 1. The number of fused-ring (bicyclic) bond motifs is 1. The standard InChI is InChI=1S/C25H20FN3O2/c1-16-10-11-20(31-16)14-22-25(30)29-15-23(18-7-3-2-4-8-18)27-21(24(29)28-22)13-17-6-5-9-19(26)12-17/h2-12,15,27H,13-14H2,1H3. The topological polar surface area (TPSA) is 63.8 Å². The summed E-state index contributed by atoms with van der Waals surface area (Å²) in [6, 6.07) is 19.9. The number of H-pyrrole nitrogens is 1. The third kappa shape index (κ3) is 3.80. The van der Waals surface area contributed by atoms with Crippen LogP contribution < -0.4 is 5.56 Å². The minimum absolute atomic E-state index is 0.185. The summed E-state index contributed by atoms with van der Waals surface area (Å²) in [5.74, 6) is 1.72. The first-order valence-corrected chi connectivity index (χ1v) is 10.0. The second-order valence-corrected chi connectivity index (χ2v) is 7.57. The van der Waals surface area contributed by atoms with E-state index in [4.69, 9.17) is 4.42 Å². The van der Waals surface area contributed by atoms with E-state index in [0.29, 0.717) is 30.1 Å². The maximum Gasteiger partial charge on any atom is 0.278 e. The molecular formula is C25H20FN3O2. The number of aromatic nitrogens is 3. The molecule has 31 heavy (non-hydrogen) atoms. The van der Waals surface area contributed by atoms with E-state index in [-0.39, 0.29) is 11.4 Å². The van der Waals surface area contributed by atoms with Gasteiger partial charge in [-0.25, -0.2) is 9.37 Å². The zero-order chi connectivity index (χ0) is 21.4. The summed E-state index contributed by atoms with van der Waals surface area (Å²) in [5.41, 5.74) is 3.49. The Morgan fingerprint density at radius 2 is 1.87 bits per heavy atom. The van der Waals surface area contributed by atoms with Crippen LogP contribution in [-0.4, -0.2) is 14.5 Å². The van der Waals surface area contributed by atoms with Crippen LogP contribution in [0.5, 0.6) is 0 Å². The fraction of sp³-hybridized carbons (Fsp3) is 0.120. The molecule has 3 aromatic rings. The molecule has 0 radical (unpaired) electrons. The van der Waals surface area contributed by atoms with Gasteiger partial charge in [0.2, 0.25) is 0 Å². The van der Waals surface area contributed by atoms with Gasteiger partial charge in [-0.15, -0.1) is 0 Å². The zero-order valence-corrected chi connectivity index (χ0v) is 16.9. The highest BCUT2D eigenvalue weighted by atomic mass is 19.1. The van der Waals surface area contributed by atoms with Crippen molar-refractivity contribution in [1.82, 2.24) is 14.5 Å². The first-order chi connectivity index (χ1) is 15.1. The summed E-state index contributed by atoms with van der Waals surface area (Å²) in [6.45, 7) is 1.86. The van der Waals surface area contributed by atoms with Crippen LogP contribution in [0.2, 0.25) is 0 Å². The molecule has 0 atom stereocenters. The molecule has 0 saturated carbocycles. The first-order valence-electron chi connectivity index (χ1n) is 10.0. The van der Waals surface area contributed by atoms with Gasteiger partial charge in [0.05, 0.1) is 17.8 Å². The van der Waals surface area contributed by atoms with Crippen molar-refractivity contribution in [3.05, 3.63) is 118 Å². The number of rotatable bonds is 5. The van der Waals surface area contributed by atoms with Crippen molar-refractivity contribution in [1.29, 1.82) is 0 Å². The van der Waals surface area contributed by atoms with Gasteiger partial charge >= 0.3 is 0 Å². The first kappa shape index (κ1) is 19.1. The smallest absolute Gasteiger partial charge is 0.278 e. The predicted molar refractivity (Wildman–Crippen MR) is 116 cm³/mol. The summed E-state index contributed by atoms with van der Waals surface area (Å²) < 4.78 is 21.0. The van der Waals surface area contributed by atoms with Gasteiger partial charge in [-0.3, -0.25) is 9.36 Å². The molecule has 2 aliphatic heterocycles. The second-order valence-electron chi connectivity index (χ2n) is 7.57. The van der Waals surface area contributed by atoms with Crippen LogP contribution in [0.1, 0.15) is 28.5 Å². The van der Waals surface area contributed by atoms with E-state index in [2.05, 4.69) is 9.97 Å². The molecule has 0 bridgehead atoms. The molecule has 0 aliphatic carbocycles. The molecule has 0 saturated heterocycles. The third-order valence-electron chi connectivity index (χ3n) is 5.24. The van der Waals surface area contributed by atoms with Crippen molar-refractivity contribution >= 4 is 0 Å². The lowest BCUT2D eigenvalue weighted by Crippen LogP contribution is -2.17. The van der Waals surface area contributed by atoms with Crippen molar-refractivity contribution in [3.8, 4) is 17.1 Å². The van der Waals surface area contributed by atoms with E-state index < -0.39 is 0 Å². The van der Waals surface area contributed by atoms with E-state index in [1.54, 1.807) is 16.8 Å². The van der Waals surface area contributed by atoms with Crippen LogP contribution in [0.4, 0.5) is 4.39 Å². The molecule has 6 heteroatoms. The molecule has 5 nitrogen and oxygen atoms in total. The molecule has 0 unspecified atom stereocenters. The minimum atomic E-state index is -0.297. The number of aromatic amines is 1. The Kier molecular flexibility index (Phi) is 4.75. The largest absolute Gasteiger partial charge is 0.466 e. The molecule has 1 aromatic heterocycles. The van der Waals surface area contributed by atoms with Gasteiger partial charge in [-0.05, 0) is 42.3 Å². The molecular weight excluding hydrogens is 393 g/mol. The van der Waals surface area contributed by atoms with Crippen LogP contribution >= 0.6 is 0 Å². The van der Waals surface area contributed by atoms with Gasteiger partial charge in [0.15, 0.2) is 5.82 Å². The number of nitrogens with zero attached hydrogens (tertiary/aromatic N) is 2. The molecule has 0 fully saturated rings. The minimum Gasteiger partial charge on any atom is -0.466 e. The fourth-order valence-corrected chi connectivity index (χ4v) is 3.78. The SMILES string of the molecule is Cc1ccc(Cc2nc3c(Cc4cccc(F)c4)[nH]c(-c4ccccc4)cn-3c2=O)o1. The number of hydrogen-bond donors (Lipinski definition) is 1. The molecule has 5 rings (SSSR count). The van der Waals surface area contributed by atoms with E-state index in [1.165, 1.54) is 12.1 Å². The normalized spacial score (nSPS) is 11.3. The van der Waals surface area contributed by atoms with Crippen LogP contribution in [0, 0.1) is 12.7 Å². The second kappa shape index (κ2) is 7.72. The number of imidazole rings is 1. The quantitative estimate of drug-likeness (QED) is 0.446. The van der Waals surface area contributed by atoms with Crippen molar-refractivity contribution in [3.63, 3.8) is 0 Å². The third-order valence-corrected chi connectivity index (χ3v) is 5.24. The van der Waals surface area contributed by atoms with Gasteiger partial charge in [0, 0.05) is 12.6 Å². The summed E-state index contributed by atoms with van der Waals surface area (Å²) in [7, 11) is 0. The number of benzene rings is 2. The van der Waals surface area contributed by atoms with E-state index in [0.717, 1.165) is 28.3 Å². The van der Waals surface area contributed by atoms with Gasteiger partial charge in [0.25, 0.3) is 5.56 Å². The Morgan fingerprint density at radius 1 is 1.03 bits per heavy atom. The Bertz CT molecular complexity index is 1380. The number of aryl methyl sites for hydroxylation is 1. The molecule has 1 N–H and O–H groups in total. The summed E-state index contributed by atoms with van der Waals surface area (Å²) in [4.78, 5) is 21.2. The van der Waals surface area contributed by atoms with E-state index in [9.17, 15) is 9.18 Å². The Labute approximate surface area is 178 Å². The molecule has 2 aromatic carbocycles. The van der Waals surface area contributed by atoms with Gasteiger partial charge in [0.1, 0.15) is 23.0 Å². The lowest BCUT2D eigenvalue weighted by molar-refractivity contribution is 0.491. The maximum atomic E-state index is 13.7. The lowest BCUT2D eigenvalue weighted by Gasteiger charge is -2.13. The maximum absolute atomic E-state index is 13.7. The van der Waals surface area contributed by atoms with Crippen molar-refractivity contribution < 1.29 is 8.81 Å². The average molecular weight is 413 g/mol. The summed E-state index contributed by atoms with van der Waals surface area (Å²) >= 11 is 0. The van der Waals surface area contributed by atoms with Gasteiger partial charge < -0.3 is 9.40 Å². The monoisotopic (exact) mass is 413 g/mol. The van der Waals surface area contributed by atoms with Gasteiger partial charge in [-0.2, -0.15) is 0 Å². The van der Waals surface area contributed by atoms with Crippen LogP contribution in [0.15, 0.2) is 82.1 Å². The van der Waals surface area contributed by atoms with Crippen molar-refractivity contribution in [2.45, 2.75) is 19.8 Å². The van der Waals surface area contributed by atoms with E-state index >= 15 is 0 Å². The summed E-state index contributed by atoms with van der Waals surface area (Å²) in [6.07, 6.45) is 2.50. The predicted octanol–water partition coefficient (Wildman–Crippen LogP) is 4.89. The van der Waals surface area contributed by atoms with Crippen LogP contribution in [0.25, 0.3) is 17.1 Å². The van der Waals surface area contributed by atoms with Gasteiger partial charge in [-0.1, -0.05) is 42.5 Å². The Balaban J connectivity index is 1.65. The molecule has 0 amide bonds. The lowest BCUT2D eigenvalue weighted by atomic mass is 10.1. The Morgan fingerprint density at radius 3 is 2.61 bits per heavy atom. The molecule has 0 spiro atoms. The van der Waals surface area contributed by atoms with Crippen LogP contribution in [-0.2, 0) is 12.8 Å². The van der Waals surface area contributed by atoms with Crippen molar-refractivity contribution in [2.24, 2.45) is 0 Å². The number of furan rings is 1.